The van der Waals surface area contributed by atoms with Crippen molar-refractivity contribution in [2.24, 2.45) is 5.73 Å². The van der Waals surface area contributed by atoms with Crippen molar-refractivity contribution < 1.29 is 4.74 Å². The second kappa shape index (κ2) is 6.73. The van der Waals surface area contributed by atoms with Gasteiger partial charge in [-0.05, 0) is 26.0 Å². The normalized spacial score (nSPS) is 10.2. The number of pyridine rings is 1. The van der Waals surface area contributed by atoms with Gasteiger partial charge in [-0.1, -0.05) is 11.8 Å². The van der Waals surface area contributed by atoms with E-state index in [2.05, 4.69) is 35.8 Å². The van der Waals surface area contributed by atoms with Gasteiger partial charge >= 0.3 is 0 Å². The summed E-state index contributed by atoms with van der Waals surface area (Å²) in [6.07, 6.45) is 5.29. The Kier molecular flexibility index (Phi) is 4.75. The van der Waals surface area contributed by atoms with Gasteiger partial charge in [-0.2, -0.15) is 5.10 Å². The van der Waals surface area contributed by atoms with E-state index in [0.29, 0.717) is 24.9 Å². The molecule has 0 bridgehead atoms. The third-order valence-corrected chi connectivity index (χ3v) is 2.63. The molecule has 0 radical (unpaired) electrons. The second-order valence-electron chi connectivity index (χ2n) is 4.58. The third-order valence-electron chi connectivity index (χ3n) is 2.63. The maximum Gasteiger partial charge on any atom is 0.139 e. The molecule has 0 atom stereocenters. The molecule has 0 unspecified atom stereocenters. The van der Waals surface area contributed by atoms with E-state index in [9.17, 15) is 0 Å². The summed E-state index contributed by atoms with van der Waals surface area (Å²) in [4.78, 5) is 4.09. The zero-order valence-electron chi connectivity index (χ0n) is 11.7. The van der Waals surface area contributed by atoms with Crippen LogP contribution in [0.25, 0.3) is 0 Å². The van der Waals surface area contributed by atoms with Crippen molar-refractivity contribution in [3.8, 4) is 17.6 Å². The lowest BCUT2D eigenvalue weighted by molar-refractivity contribution is 0.297. The quantitative estimate of drug-likeness (QED) is 0.860. The zero-order chi connectivity index (χ0) is 14.4. The van der Waals surface area contributed by atoms with Gasteiger partial charge in [-0.3, -0.25) is 9.67 Å². The number of aromatic nitrogens is 3. The molecule has 0 aliphatic rings. The van der Waals surface area contributed by atoms with Gasteiger partial charge in [0.15, 0.2) is 0 Å². The van der Waals surface area contributed by atoms with Crippen LogP contribution in [0.2, 0.25) is 0 Å². The summed E-state index contributed by atoms with van der Waals surface area (Å²) in [6, 6.07) is 4.14. The standard InChI is InChI=1S/C15H18N4O/c1-12(2)19-7-5-14(18-19)11-20-15-8-13(4-3-6-16)9-17-10-15/h5,7-10,12H,6,11,16H2,1-2H3. The van der Waals surface area contributed by atoms with Crippen LogP contribution in [0.15, 0.2) is 30.7 Å². The Balaban J connectivity index is 1.99. The third kappa shape index (κ3) is 3.84. The minimum Gasteiger partial charge on any atom is -0.486 e. The number of nitrogens with two attached hydrogens (primary N) is 1. The molecule has 0 saturated heterocycles. The Morgan fingerprint density at radius 2 is 2.25 bits per heavy atom. The Hall–Kier alpha value is -2.32. The molecule has 5 nitrogen and oxygen atoms in total. The largest absolute Gasteiger partial charge is 0.486 e. The smallest absolute Gasteiger partial charge is 0.139 e. The fourth-order valence-electron chi connectivity index (χ4n) is 1.62. The molecule has 2 aromatic rings. The summed E-state index contributed by atoms with van der Waals surface area (Å²) in [5, 5.41) is 4.42. The van der Waals surface area contributed by atoms with Gasteiger partial charge in [-0.15, -0.1) is 0 Å². The van der Waals surface area contributed by atoms with Crippen molar-refractivity contribution >= 4 is 0 Å². The first-order valence-corrected chi connectivity index (χ1v) is 6.50. The van der Waals surface area contributed by atoms with Crippen LogP contribution in [-0.4, -0.2) is 21.3 Å². The lowest BCUT2D eigenvalue weighted by Crippen LogP contribution is -2.03. The molecule has 2 N–H and O–H groups in total. The minimum atomic E-state index is 0.331. The van der Waals surface area contributed by atoms with E-state index >= 15 is 0 Å². The maximum absolute atomic E-state index is 5.67. The van der Waals surface area contributed by atoms with Gasteiger partial charge in [0.25, 0.3) is 0 Å². The van der Waals surface area contributed by atoms with E-state index in [4.69, 9.17) is 10.5 Å². The Morgan fingerprint density at radius 3 is 2.95 bits per heavy atom. The van der Waals surface area contributed by atoms with Gasteiger partial charge in [0, 0.05) is 24.0 Å². The highest BCUT2D eigenvalue weighted by atomic mass is 16.5. The molecule has 2 aromatic heterocycles. The number of ether oxygens (including phenoxy) is 1. The van der Waals surface area contributed by atoms with E-state index < -0.39 is 0 Å². The predicted octanol–water partition coefficient (Wildman–Crippen LogP) is 1.75. The lowest BCUT2D eigenvalue weighted by atomic mass is 10.3. The molecule has 0 spiro atoms. The van der Waals surface area contributed by atoms with Crippen molar-refractivity contribution in [3.63, 3.8) is 0 Å². The molecule has 0 aromatic carbocycles. The average Bonchev–Trinajstić information content (AvgIpc) is 2.92. The van der Waals surface area contributed by atoms with Gasteiger partial charge < -0.3 is 10.5 Å². The van der Waals surface area contributed by atoms with Crippen LogP contribution in [0.1, 0.15) is 31.1 Å². The molecular formula is C15H18N4O. The van der Waals surface area contributed by atoms with Crippen LogP contribution in [0.5, 0.6) is 5.75 Å². The van der Waals surface area contributed by atoms with Gasteiger partial charge in [0.1, 0.15) is 12.4 Å². The molecule has 20 heavy (non-hydrogen) atoms. The molecule has 0 aliphatic heterocycles. The SMILES string of the molecule is CC(C)n1ccc(COc2cncc(C#CCN)c2)n1. The second-order valence-corrected chi connectivity index (χ2v) is 4.58. The molecule has 0 fully saturated rings. The summed E-state index contributed by atoms with van der Waals surface area (Å²) in [5.74, 6) is 6.39. The van der Waals surface area contributed by atoms with Crippen LogP contribution in [0, 0.1) is 11.8 Å². The number of hydrogen-bond donors (Lipinski definition) is 1. The minimum absolute atomic E-state index is 0.331. The first kappa shape index (κ1) is 14.1. The van der Waals surface area contributed by atoms with Crippen molar-refractivity contribution in [1.29, 1.82) is 0 Å². The molecule has 104 valence electrons. The van der Waals surface area contributed by atoms with Gasteiger partial charge in [-0.25, -0.2) is 0 Å². The van der Waals surface area contributed by atoms with Gasteiger partial charge in [0.05, 0.1) is 18.4 Å². The van der Waals surface area contributed by atoms with Gasteiger partial charge in [0.2, 0.25) is 0 Å². The van der Waals surface area contributed by atoms with Crippen molar-refractivity contribution in [3.05, 3.63) is 42.0 Å². The van der Waals surface area contributed by atoms with Crippen molar-refractivity contribution in [2.45, 2.75) is 26.5 Å². The maximum atomic E-state index is 5.67. The summed E-state index contributed by atoms with van der Waals surface area (Å²) in [6.45, 7) is 4.91. The van der Waals surface area contributed by atoms with E-state index in [0.717, 1.165) is 11.3 Å². The van der Waals surface area contributed by atoms with E-state index in [-0.39, 0.29) is 0 Å². The fraction of sp³-hybridized carbons (Fsp3) is 0.333. The predicted molar refractivity (Wildman–Crippen MR) is 77.1 cm³/mol. The highest BCUT2D eigenvalue weighted by Crippen LogP contribution is 2.13. The fourth-order valence-corrected chi connectivity index (χ4v) is 1.62. The van der Waals surface area contributed by atoms with Crippen LogP contribution in [0.4, 0.5) is 0 Å². The Morgan fingerprint density at radius 1 is 1.40 bits per heavy atom. The van der Waals surface area contributed by atoms with Crippen LogP contribution < -0.4 is 10.5 Å². The van der Waals surface area contributed by atoms with E-state index in [1.165, 1.54) is 0 Å². The topological polar surface area (TPSA) is 66.0 Å². The summed E-state index contributed by atoms with van der Waals surface area (Å²) < 4.78 is 7.57. The van der Waals surface area contributed by atoms with E-state index in [1.54, 1.807) is 12.4 Å². The first-order valence-electron chi connectivity index (χ1n) is 6.50. The summed E-state index contributed by atoms with van der Waals surface area (Å²) >= 11 is 0. The zero-order valence-corrected chi connectivity index (χ0v) is 11.7. The molecular weight excluding hydrogens is 252 g/mol. The van der Waals surface area contributed by atoms with Crippen molar-refractivity contribution in [1.82, 2.24) is 14.8 Å². The van der Waals surface area contributed by atoms with Crippen LogP contribution in [-0.2, 0) is 6.61 Å². The van der Waals surface area contributed by atoms with Crippen LogP contribution >= 0.6 is 0 Å². The number of rotatable bonds is 4. The van der Waals surface area contributed by atoms with Crippen LogP contribution in [0.3, 0.4) is 0 Å². The summed E-state index contributed by atoms with van der Waals surface area (Å²) in [5.41, 5.74) is 7.02. The Bertz CT molecular complexity index is 622. The molecule has 0 amide bonds. The highest BCUT2D eigenvalue weighted by molar-refractivity contribution is 5.36. The molecule has 2 rings (SSSR count). The monoisotopic (exact) mass is 270 g/mol. The Labute approximate surface area is 118 Å². The van der Waals surface area contributed by atoms with E-state index in [1.807, 2.05) is 23.0 Å². The lowest BCUT2D eigenvalue weighted by Gasteiger charge is -2.05. The molecule has 5 heteroatoms. The average molecular weight is 270 g/mol. The molecule has 2 heterocycles. The highest BCUT2D eigenvalue weighted by Gasteiger charge is 2.03. The molecule has 0 aliphatic carbocycles. The van der Waals surface area contributed by atoms with Crippen molar-refractivity contribution in [2.75, 3.05) is 6.54 Å². The summed E-state index contributed by atoms with van der Waals surface area (Å²) in [7, 11) is 0. The number of hydrogen-bond acceptors (Lipinski definition) is 4. The number of nitrogens with zero attached hydrogens (tertiary/aromatic N) is 3. The molecule has 0 saturated carbocycles. The first-order chi connectivity index (χ1) is 9.69.